The molecule has 23 atom stereocenters. The van der Waals surface area contributed by atoms with Crippen LogP contribution in [0.15, 0.2) is 12.7 Å². The van der Waals surface area contributed by atoms with E-state index in [9.17, 15) is 98.0 Å². The molecule has 2 aromatic rings. The second-order valence-corrected chi connectivity index (χ2v) is 30.5. The zero-order valence-corrected chi connectivity index (χ0v) is 59.2. The molecular weight excluding hydrogens is 1470 g/mol. The van der Waals surface area contributed by atoms with Crippen LogP contribution < -0.4 is 5.32 Å². The fraction of sp³-hybridized carbons (Fsp3) is 0.880. The standard InChI is InChI=1S/C50H90N5O40P5/c1-27(2)94-100(74,75)95-32-13-37(55-23-53-38-30(5)51-22-52-46(38)55)90-36(32)17-85-99(72,73)86-21-50(18-76-24-87-96(66,67)82-10-7-79-47-28(3)40(60)42(62)33(14-56)91-47,19-77-25-88-97(68,69)83-11-8-80-48-29(4)41(61)43(63)34(15-57)92-48)20-78-26-89-98(70,71)84-12-9-81-49-39(54-31(6)59)45(65)44(64)35(16-58)93-49/h22-23,27-29,32-37,39-45,47-49,56-58,60-65H,7-21,24-26H2,1-6H3,(H,54,59)(H,66,67)(H,68,69)(H,70,71)(H,72,73)(H,74,75)/t28-,29-,32?,33?,34?,35?,36+,37+,39-,40?,41?,42-,43-,44-,45?,47+,48+,49+,50?/m0/s1. The number of carbonyl (C=O) groups is 1. The predicted molar refractivity (Wildman–Crippen MR) is 324 cm³/mol. The van der Waals surface area contributed by atoms with E-state index < -0.39 is 280 Å². The van der Waals surface area contributed by atoms with Gasteiger partial charge in [0.15, 0.2) is 44.9 Å². The van der Waals surface area contributed by atoms with Crippen LogP contribution in [0.25, 0.3) is 11.2 Å². The second kappa shape index (κ2) is 39.6. The van der Waals surface area contributed by atoms with Gasteiger partial charge in [-0.25, -0.2) is 37.8 Å². The minimum atomic E-state index is -5.51. The fourth-order valence-corrected chi connectivity index (χ4v) is 13.8. The molecule has 4 saturated heterocycles. The molecule has 45 nitrogen and oxygen atoms in total. The van der Waals surface area contributed by atoms with E-state index in [0.29, 0.717) is 11.2 Å². The Labute approximate surface area is 570 Å². The van der Waals surface area contributed by atoms with Crippen LogP contribution in [0.1, 0.15) is 53.0 Å². The second-order valence-electron chi connectivity index (χ2n) is 23.3. The molecule has 0 radical (unpaired) electrons. The van der Waals surface area contributed by atoms with Crippen molar-refractivity contribution in [3.05, 3.63) is 18.3 Å². The van der Waals surface area contributed by atoms with Gasteiger partial charge in [0.1, 0.15) is 79.0 Å². The van der Waals surface area contributed by atoms with Crippen LogP contribution in [0.5, 0.6) is 0 Å². The maximum atomic E-state index is 14.0. The number of phosphoric ester groups is 5. The lowest BCUT2D eigenvalue weighted by Crippen LogP contribution is -2.64. The quantitative estimate of drug-likeness (QED) is 0.0178. The lowest BCUT2D eigenvalue weighted by molar-refractivity contribution is -0.283. The Hall–Kier alpha value is -2.19. The number of rotatable bonds is 45. The molecule has 0 spiro atoms. The third-order valence-corrected chi connectivity index (χ3v) is 20.2. The molecule has 0 aliphatic carbocycles. The molecule has 580 valence electrons. The number of nitrogens with one attached hydrogen (secondary N) is 1. The van der Waals surface area contributed by atoms with E-state index in [-0.39, 0.29) is 12.1 Å². The van der Waals surface area contributed by atoms with Gasteiger partial charge in [-0.2, -0.15) is 0 Å². The van der Waals surface area contributed by atoms with Crippen LogP contribution in [0.2, 0.25) is 0 Å². The minimum Gasteiger partial charge on any atom is -0.394 e. The lowest BCUT2D eigenvalue weighted by atomic mass is 9.92. The number of amides is 1. The van der Waals surface area contributed by atoms with Crippen molar-refractivity contribution in [2.45, 2.75) is 152 Å². The Morgan fingerprint density at radius 2 is 1.01 bits per heavy atom. The highest BCUT2D eigenvalue weighted by atomic mass is 31.2. The summed E-state index contributed by atoms with van der Waals surface area (Å²) in [5.74, 6) is -2.39. The van der Waals surface area contributed by atoms with Crippen molar-refractivity contribution in [3.8, 4) is 0 Å². The van der Waals surface area contributed by atoms with Gasteiger partial charge in [-0.3, -0.25) is 54.6 Å². The number of hydrogen-bond donors (Lipinski definition) is 15. The summed E-state index contributed by atoms with van der Waals surface area (Å²) in [5.41, 5.74) is -1.08. The molecule has 1 amide bonds. The van der Waals surface area contributed by atoms with Gasteiger partial charge >= 0.3 is 39.1 Å². The Morgan fingerprint density at radius 3 is 1.46 bits per heavy atom. The smallest absolute Gasteiger partial charge is 0.394 e. The first-order chi connectivity index (χ1) is 46.9. The predicted octanol–water partition coefficient (Wildman–Crippen LogP) is -3.08. The lowest BCUT2D eigenvalue weighted by Gasteiger charge is -2.42. The molecule has 0 bridgehead atoms. The van der Waals surface area contributed by atoms with Crippen molar-refractivity contribution in [1.82, 2.24) is 24.8 Å². The number of nitrogens with zero attached hydrogens (tertiary/aromatic N) is 4. The van der Waals surface area contributed by atoms with E-state index >= 15 is 0 Å². The number of aryl methyl sites for hydroxylation is 1. The maximum Gasteiger partial charge on any atom is 0.474 e. The summed E-state index contributed by atoms with van der Waals surface area (Å²) in [6.45, 7) is -6.08. The van der Waals surface area contributed by atoms with Crippen molar-refractivity contribution in [2.75, 3.05) is 113 Å². The van der Waals surface area contributed by atoms with E-state index in [1.807, 2.05) is 0 Å². The van der Waals surface area contributed by atoms with Crippen molar-refractivity contribution in [2.24, 2.45) is 17.3 Å². The first kappa shape index (κ1) is 86.7. The topological polar surface area (TPSA) is 626 Å². The molecular formula is C50H90N5O40P5. The average Bonchev–Trinajstić information content (AvgIpc) is 1.63. The third kappa shape index (κ3) is 26.3. The molecule has 12 unspecified atom stereocenters. The molecule has 15 N–H and O–H groups in total. The molecule has 6 rings (SSSR count). The summed E-state index contributed by atoms with van der Waals surface area (Å²) >= 11 is 0. The highest BCUT2D eigenvalue weighted by molar-refractivity contribution is 7.48. The summed E-state index contributed by atoms with van der Waals surface area (Å²) in [4.78, 5) is 78.3. The summed E-state index contributed by atoms with van der Waals surface area (Å²) in [6, 6.07) is -1.40. The number of phosphoric acid groups is 5. The molecule has 100 heavy (non-hydrogen) atoms. The van der Waals surface area contributed by atoms with E-state index in [0.717, 1.165) is 6.92 Å². The van der Waals surface area contributed by atoms with Crippen LogP contribution in [0, 0.1) is 24.2 Å². The molecule has 0 aromatic carbocycles. The first-order valence-electron chi connectivity index (χ1n) is 30.6. The van der Waals surface area contributed by atoms with Gasteiger partial charge in [0.2, 0.25) is 5.91 Å². The largest absolute Gasteiger partial charge is 0.474 e. The number of carbonyl (C=O) groups excluding carboxylic acids is 1. The van der Waals surface area contributed by atoms with Crippen LogP contribution in [-0.4, -0.2) is 307 Å². The SMILES string of the molecule is CC(=O)N[C@H]1C(O)[C@@H](O)C(CO)O[C@H]1OCCOP(=O)(O)OCOCC(COCOP(=O)(O)OCCO[C@@H]1OC(CO)[C@H](O)C(O)[C@@H]1C)(COCOP(=O)(O)OCCO[C@@H]1OC(CO)[C@H](O)C(O)[C@@H]1C)COP(=O)(O)OC[C@H]1O[C@@H](n2cnc3c(C)ncnc32)CC1OP(=O)(O)OC(C)C. The van der Waals surface area contributed by atoms with Gasteiger partial charge in [-0.05, 0) is 20.8 Å². The molecule has 4 aliphatic heterocycles. The molecule has 50 heteroatoms. The van der Waals surface area contributed by atoms with Crippen LogP contribution >= 0.6 is 39.1 Å². The number of hydrogen-bond acceptors (Lipinski definition) is 38. The third-order valence-electron chi connectivity index (χ3n) is 15.2. The van der Waals surface area contributed by atoms with Crippen LogP contribution in [0.3, 0.4) is 0 Å². The number of aliphatic hydroxyl groups is 9. The molecule has 4 fully saturated rings. The first-order valence-corrected chi connectivity index (χ1v) is 38.1. The Bertz CT molecular complexity index is 3000. The number of imidazole rings is 1. The van der Waals surface area contributed by atoms with Gasteiger partial charge in [0.25, 0.3) is 0 Å². The highest BCUT2D eigenvalue weighted by Gasteiger charge is 2.49. The molecule has 4 aliphatic rings. The number of fused-ring (bicyclic) bond motifs is 1. The van der Waals surface area contributed by atoms with E-state index in [1.54, 1.807) is 6.92 Å². The summed E-state index contributed by atoms with van der Waals surface area (Å²) in [7, 11) is -25.8. The highest BCUT2D eigenvalue weighted by Crippen LogP contribution is 2.52. The van der Waals surface area contributed by atoms with Gasteiger partial charge in [0.05, 0.1) is 128 Å². The van der Waals surface area contributed by atoms with Gasteiger partial charge in [-0.1, -0.05) is 13.8 Å². The summed E-state index contributed by atoms with van der Waals surface area (Å²) in [5, 5.41) is 93.1. The van der Waals surface area contributed by atoms with Crippen LogP contribution in [0.4, 0.5) is 0 Å². The van der Waals surface area contributed by atoms with Crippen molar-refractivity contribution < 1.29 is 191 Å². The van der Waals surface area contributed by atoms with E-state index in [2.05, 4.69) is 20.3 Å². The molecule has 0 saturated carbocycles. The van der Waals surface area contributed by atoms with E-state index in [1.165, 1.54) is 44.9 Å². The monoisotopic (exact) mass is 1560 g/mol. The summed E-state index contributed by atoms with van der Waals surface area (Å²) in [6.07, 6.45) is -19.4. The van der Waals surface area contributed by atoms with Gasteiger partial charge in [-0.15, -0.1) is 0 Å². The zero-order chi connectivity index (χ0) is 74.0. The van der Waals surface area contributed by atoms with Crippen LogP contribution in [-0.2, 0) is 120 Å². The maximum absolute atomic E-state index is 14.0. The van der Waals surface area contributed by atoms with Crippen molar-refractivity contribution in [3.63, 3.8) is 0 Å². The number of ether oxygens (including phenoxy) is 10. The molecule has 2 aromatic heterocycles. The van der Waals surface area contributed by atoms with Crippen molar-refractivity contribution in [1.29, 1.82) is 0 Å². The van der Waals surface area contributed by atoms with Gasteiger partial charge < -0.3 is 123 Å². The Morgan fingerprint density at radius 1 is 0.570 bits per heavy atom. The normalized spacial score (nSPS) is 32.7. The van der Waals surface area contributed by atoms with E-state index in [4.69, 9.17) is 92.6 Å². The fourth-order valence-electron chi connectivity index (χ4n) is 10.0. The summed E-state index contributed by atoms with van der Waals surface area (Å²) < 4.78 is 175. The number of aliphatic hydroxyl groups excluding tert-OH is 9. The Balaban J connectivity index is 1.18. The Kier molecular flexibility index (Phi) is 34.3. The average molecular weight is 1560 g/mol. The van der Waals surface area contributed by atoms with Gasteiger partial charge in [0, 0.05) is 25.2 Å². The zero-order valence-electron chi connectivity index (χ0n) is 54.8. The number of aromatic nitrogens is 4. The minimum absolute atomic E-state index is 0.238. The molecule has 6 heterocycles. The van der Waals surface area contributed by atoms with Crippen molar-refractivity contribution >= 4 is 56.2 Å².